The molecule has 0 fully saturated rings. The second-order valence-electron chi connectivity index (χ2n) is 13.6. The van der Waals surface area contributed by atoms with Crippen molar-refractivity contribution in [3.63, 3.8) is 0 Å². The standard InChI is InChI=1S/C35H51N3O7/c1-11-23(4)28(37-33(43)45-35(8,9)10)31(41)38(22(2)3)29(25-18-15-19-26(39)21-25)30(40)36-27(32(42)44-34(5,6)7)20-24-16-13-12-14-17-24/h12-19,21-23,27-29,39H,11,20H2,1-10H3,(H,36,40)(H,37,43). The summed E-state index contributed by atoms with van der Waals surface area (Å²) in [5, 5.41) is 15.9. The number of alkyl carbamates (subject to hydrolysis) is 1. The lowest BCUT2D eigenvalue weighted by Crippen LogP contribution is -2.58. The van der Waals surface area contributed by atoms with Gasteiger partial charge in [0, 0.05) is 12.5 Å². The fourth-order valence-electron chi connectivity index (χ4n) is 4.76. The molecule has 10 nitrogen and oxygen atoms in total. The molecule has 0 bridgehead atoms. The number of hydrogen-bond acceptors (Lipinski definition) is 7. The number of esters is 1. The van der Waals surface area contributed by atoms with Crippen LogP contribution in [0.1, 0.15) is 92.8 Å². The van der Waals surface area contributed by atoms with Crippen molar-refractivity contribution in [1.29, 1.82) is 0 Å². The number of carbonyl (C=O) groups is 4. The third kappa shape index (κ3) is 11.7. The minimum atomic E-state index is -1.27. The van der Waals surface area contributed by atoms with Crippen molar-refractivity contribution in [1.82, 2.24) is 15.5 Å². The molecule has 0 spiro atoms. The molecule has 0 aromatic heterocycles. The maximum absolute atomic E-state index is 14.4. The van der Waals surface area contributed by atoms with Gasteiger partial charge in [-0.25, -0.2) is 9.59 Å². The van der Waals surface area contributed by atoms with Crippen LogP contribution in [0.4, 0.5) is 4.79 Å². The summed E-state index contributed by atoms with van der Waals surface area (Å²) in [7, 11) is 0. The van der Waals surface area contributed by atoms with Gasteiger partial charge < -0.3 is 30.1 Å². The van der Waals surface area contributed by atoms with E-state index in [9.17, 15) is 24.3 Å². The summed E-state index contributed by atoms with van der Waals surface area (Å²) in [6, 6.07) is 11.4. The second kappa shape index (κ2) is 15.8. The van der Waals surface area contributed by atoms with Crippen molar-refractivity contribution in [2.45, 2.75) is 117 Å². The zero-order valence-corrected chi connectivity index (χ0v) is 28.3. The molecule has 0 saturated heterocycles. The number of phenols is 1. The highest BCUT2D eigenvalue weighted by Gasteiger charge is 2.41. The summed E-state index contributed by atoms with van der Waals surface area (Å²) in [5.41, 5.74) is -0.460. The highest BCUT2D eigenvalue weighted by molar-refractivity contribution is 5.94. The summed E-state index contributed by atoms with van der Waals surface area (Å²) in [6.45, 7) is 17.7. The van der Waals surface area contributed by atoms with Gasteiger partial charge in [-0.2, -0.15) is 0 Å². The molecule has 0 saturated carbocycles. The fourth-order valence-corrected chi connectivity index (χ4v) is 4.76. The molecule has 4 atom stereocenters. The first-order chi connectivity index (χ1) is 20.8. The van der Waals surface area contributed by atoms with E-state index in [4.69, 9.17) is 9.47 Å². The highest BCUT2D eigenvalue weighted by atomic mass is 16.6. The molecule has 248 valence electrons. The van der Waals surface area contributed by atoms with Gasteiger partial charge in [-0.15, -0.1) is 0 Å². The van der Waals surface area contributed by atoms with Crippen LogP contribution in [0.25, 0.3) is 0 Å². The van der Waals surface area contributed by atoms with Crippen LogP contribution in [0.5, 0.6) is 5.75 Å². The number of nitrogens with one attached hydrogen (secondary N) is 2. The van der Waals surface area contributed by atoms with Gasteiger partial charge in [0.25, 0.3) is 0 Å². The lowest BCUT2D eigenvalue weighted by Gasteiger charge is -2.39. The first-order valence-corrected chi connectivity index (χ1v) is 15.5. The zero-order chi connectivity index (χ0) is 34.1. The van der Waals surface area contributed by atoms with Crippen LogP contribution in [0, 0.1) is 5.92 Å². The number of ether oxygens (including phenoxy) is 2. The summed E-state index contributed by atoms with van der Waals surface area (Å²) >= 11 is 0. The van der Waals surface area contributed by atoms with Crippen molar-refractivity contribution < 1.29 is 33.8 Å². The zero-order valence-electron chi connectivity index (χ0n) is 28.3. The van der Waals surface area contributed by atoms with Crippen molar-refractivity contribution in [3.8, 4) is 5.75 Å². The van der Waals surface area contributed by atoms with Crippen molar-refractivity contribution >= 4 is 23.9 Å². The number of aromatic hydroxyl groups is 1. The SMILES string of the molecule is CCC(C)C(NC(=O)OC(C)(C)C)C(=O)N(C(C)C)C(C(=O)NC(Cc1ccccc1)C(=O)OC(C)(C)C)c1cccc(O)c1. The first kappa shape index (κ1) is 37.1. The van der Waals surface area contributed by atoms with Gasteiger partial charge >= 0.3 is 12.1 Å². The minimum Gasteiger partial charge on any atom is -0.508 e. The Morgan fingerprint density at radius 2 is 1.44 bits per heavy atom. The average Bonchev–Trinajstić information content (AvgIpc) is 2.91. The van der Waals surface area contributed by atoms with Gasteiger partial charge in [-0.05, 0) is 84.6 Å². The Kier molecular flexibility index (Phi) is 13.0. The van der Waals surface area contributed by atoms with E-state index in [2.05, 4.69) is 10.6 Å². The molecule has 2 aromatic rings. The first-order valence-electron chi connectivity index (χ1n) is 15.5. The normalized spacial score (nSPS) is 14.5. The number of hydrogen-bond donors (Lipinski definition) is 3. The molecule has 0 aliphatic heterocycles. The highest BCUT2D eigenvalue weighted by Crippen LogP contribution is 2.29. The van der Waals surface area contributed by atoms with E-state index in [1.807, 2.05) is 44.2 Å². The Balaban J connectivity index is 2.61. The maximum atomic E-state index is 14.4. The van der Waals surface area contributed by atoms with E-state index in [0.29, 0.717) is 12.0 Å². The number of amides is 3. The number of nitrogens with zero attached hydrogens (tertiary/aromatic N) is 1. The van der Waals surface area contributed by atoms with Gasteiger partial charge in [0.1, 0.15) is 35.1 Å². The van der Waals surface area contributed by atoms with E-state index in [1.165, 1.54) is 17.0 Å². The third-order valence-corrected chi connectivity index (χ3v) is 6.97. The Labute approximate surface area is 267 Å². The van der Waals surface area contributed by atoms with Crippen LogP contribution in [-0.4, -0.2) is 63.2 Å². The van der Waals surface area contributed by atoms with E-state index >= 15 is 0 Å². The van der Waals surface area contributed by atoms with Gasteiger partial charge in [0.2, 0.25) is 11.8 Å². The molecule has 45 heavy (non-hydrogen) atoms. The maximum Gasteiger partial charge on any atom is 0.408 e. The molecular formula is C35H51N3O7. The summed E-state index contributed by atoms with van der Waals surface area (Å²) in [6.07, 6.45) is -0.0468. The minimum absolute atomic E-state index is 0.0974. The molecule has 2 aromatic carbocycles. The van der Waals surface area contributed by atoms with Crippen molar-refractivity contribution in [2.24, 2.45) is 5.92 Å². The van der Waals surface area contributed by atoms with Gasteiger partial charge in [-0.3, -0.25) is 9.59 Å². The molecule has 0 heterocycles. The van der Waals surface area contributed by atoms with Crippen LogP contribution < -0.4 is 10.6 Å². The Morgan fingerprint density at radius 1 is 0.844 bits per heavy atom. The Hall–Kier alpha value is -4.08. The van der Waals surface area contributed by atoms with Crippen LogP contribution in [0.15, 0.2) is 54.6 Å². The van der Waals surface area contributed by atoms with E-state index in [0.717, 1.165) is 5.56 Å². The number of carbonyl (C=O) groups excluding carboxylic acids is 4. The van der Waals surface area contributed by atoms with Crippen molar-refractivity contribution in [3.05, 3.63) is 65.7 Å². The monoisotopic (exact) mass is 625 g/mol. The topological polar surface area (TPSA) is 134 Å². The molecular weight excluding hydrogens is 574 g/mol. The van der Waals surface area contributed by atoms with E-state index in [-0.39, 0.29) is 18.1 Å². The molecule has 0 aliphatic carbocycles. The number of rotatable bonds is 12. The lowest BCUT2D eigenvalue weighted by atomic mass is 9.94. The average molecular weight is 626 g/mol. The quantitative estimate of drug-likeness (QED) is 0.259. The van der Waals surface area contributed by atoms with Crippen LogP contribution in [0.3, 0.4) is 0 Å². The van der Waals surface area contributed by atoms with Crippen LogP contribution in [0.2, 0.25) is 0 Å². The Bertz CT molecular complexity index is 1300. The predicted octanol–water partition coefficient (Wildman–Crippen LogP) is 5.68. The van der Waals surface area contributed by atoms with Gasteiger partial charge in [0.15, 0.2) is 0 Å². The molecule has 10 heteroatoms. The third-order valence-electron chi connectivity index (χ3n) is 6.97. The molecule has 3 amide bonds. The molecule has 4 unspecified atom stereocenters. The largest absolute Gasteiger partial charge is 0.508 e. The van der Waals surface area contributed by atoms with Crippen molar-refractivity contribution in [2.75, 3.05) is 0 Å². The second-order valence-corrected chi connectivity index (χ2v) is 13.6. The van der Waals surface area contributed by atoms with Gasteiger partial charge in [0.05, 0.1) is 0 Å². The summed E-state index contributed by atoms with van der Waals surface area (Å²) in [5.74, 6) is -2.19. The Morgan fingerprint density at radius 3 is 1.96 bits per heavy atom. The number of phenolic OH excluding ortho intramolecular Hbond substituents is 1. The lowest BCUT2D eigenvalue weighted by molar-refractivity contribution is -0.159. The fraction of sp³-hybridized carbons (Fsp3) is 0.543. The number of benzene rings is 2. The van der Waals surface area contributed by atoms with E-state index in [1.54, 1.807) is 67.5 Å². The predicted molar refractivity (Wildman–Crippen MR) is 173 cm³/mol. The van der Waals surface area contributed by atoms with Gasteiger partial charge in [-0.1, -0.05) is 62.7 Å². The summed E-state index contributed by atoms with van der Waals surface area (Å²) < 4.78 is 11.1. The molecule has 2 rings (SSSR count). The van der Waals surface area contributed by atoms with Crippen LogP contribution >= 0.6 is 0 Å². The smallest absolute Gasteiger partial charge is 0.408 e. The van der Waals surface area contributed by atoms with E-state index < -0.39 is 59.2 Å². The molecule has 0 aliphatic rings. The summed E-state index contributed by atoms with van der Waals surface area (Å²) in [4.78, 5) is 56.4. The molecule has 0 radical (unpaired) electrons. The molecule has 3 N–H and O–H groups in total. The van der Waals surface area contributed by atoms with Crippen LogP contribution in [-0.2, 0) is 30.3 Å².